The van der Waals surface area contributed by atoms with Gasteiger partial charge in [0.2, 0.25) is 5.91 Å². The Morgan fingerprint density at radius 1 is 1.16 bits per heavy atom. The van der Waals surface area contributed by atoms with Crippen molar-refractivity contribution in [3.63, 3.8) is 0 Å². The summed E-state index contributed by atoms with van der Waals surface area (Å²) in [5, 5.41) is 3.53. The van der Waals surface area contributed by atoms with Gasteiger partial charge in [0.05, 0.1) is 19.8 Å². The Hall–Kier alpha value is -0.690. The fourth-order valence-electron chi connectivity index (χ4n) is 4.05. The zero-order valence-corrected chi connectivity index (χ0v) is 22.3. The zero-order valence-electron chi connectivity index (χ0n) is 20.0. The quantitative estimate of drug-likeness (QED) is 0.192. The molecule has 0 aliphatic carbocycles. The van der Waals surface area contributed by atoms with Gasteiger partial charge >= 0.3 is 0 Å². The number of guanidine groups is 1. The van der Waals surface area contributed by atoms with Gasteiger partial charge in [-0.15, -0.1) is 24.0 Å². The number of amides is 1. The first-order valence-corrected chi connectivity index (χ1v) is 11.2. The van der Waals surface area contributed by atoms with Crippen LogP contribution in [0.4, 0.5) is 0 Å². The van der Waals surface area contributed by atoms with Crippen LogP contribution in [-0.4, -0.2) is 137 Å². The Morgan fingerprint density at radius 3 is 2.39 bits per heavy atom. The first-order chi connectivity index (χ1) is 14.4. The number of likely N-dealkylation sites (N-methyl/N-ethyl adjacent to an activating group) is 1. The number of morpholine rings is 1. The summed E-state index contributed by atoms with van der Waals surface area (Å²) < 4.78 is 10.7. The maximum atomic E-state index is 12.1. The van der Waals surface area contributed by atoms with Gasteiger partial charge in [0.25, 0.3) is 0 Å². The molecule has 0 saturated carbocycles. The Labute approximate surface area is 205 Å². The number of carbonyl (C=O) groups excluding carboxylic acids is 1. The van der Waals surface area contributed by atoms with Crippen molar-refractivity contribution in [3.8, 4) is 0 Å². The van der Waals surface area contributed by atoms with Gasteiger partial charge in [0.1, 0.15) is 6.54 Å². The second-order valence-corrected chi connectivity index (χ2v) is 8.50. The summed E-state index contributed by atoms with van der Waals surface area (Å²) in [6.07, 6.45) is 1.04. The summed E-state index contributed by atoms with van der Waals surface area (Å²) in [6, 6.07) is 0.794. The standard InChI is InChI=1S/C21H42N6O3.HI/c1-18-16-26(17-19(2)27(18)11-12-29-5)21(23-15-20(28)24(3)4)22-7-6-8-25-9-13-30-14-10-25;/h18-19H,6-17H2,1-5H3,(H,22,23);1H. The molecule has 182 valence electrons. The third kappa shape index (κ3) is 9.77. The first-order valence-electron chi connectivity index (χ1n) is 11.2. The summed E-state index contributed by atoms with van der Waals surface area (Å²) in [5.41, 5.74) is 0. The number of carbonyl (C=O) groups is 1. The molecule has 1 amide bonds. The highest BCUT2D eigenvalue weighted by Gasteiger charge is 2.30. The number of rotatable bonds is 9. The molecule has 0 spiro atoms. The van der Waals surface area contributed by atoms with E-state index in [-0.39, 0.29) is 36.4 Å². The molecule has 2 heterocycles. The first kappa shape index (κ1) is 28.3. The summed E-state index contributed by atoms with van der Waals surface area (Å²) in [5.74, 6) is 0.861. The molecule has 2 aliphatic rings. The van der Waals surface area contributed by atoms with Crippen molar-refractivity contribution in [1.82, 2.24) is 24.9 Å². The molecule has 0 radical (unpaired) electrons. The van der Waals surface area contributed by atoms with Crippen molar-refractivity contribution in [2.75, 3.05) is 93.4 Å². The Bertz CT molecular complexity index is 533. The molecule has 2 fully saturated rings. The third-order valence-corrected chi connectivity index (χ3v) is 5.86. The fraction of sp³-hybridized carbons (Fsp3) is 0.905. The predicted octanol–water partition coefficient (Wildman–Crippen LogP) is 0.402. The molecule has 10 heteroatoms. The number of hydrogen-bond acceptors (Lipinski definition) is 6. The number of nitrogens with one attached hydrogen (secondary N) is 1. The SMILES string of the molecule is COCCN1C(C)CN(C(=NCC(=O)N(C)C)NCCCN2CCOCC2)CC1C.I. The second-order valence-electron chi connectivity index (χ2n) is 8.50. The van der Waals surface area contributed by atoms with E-state index >= 15 is 0 Å². The van der Waals surface area contributed by atoms with E-state index in [0.717, 1.165) is 78.0 Å². The van der Waals surface area contributed by atoms with Gasteiger partial charge in [0.15, 0.2) is 5.96 Å². The van der Waals surface area contributed by atoms with E-state index in [0.29, 0.717) is 12.1 Å². The lowest BCUT2D eigenvalue weighted by molar-refractivity contribution is -0.127. The van der Waals surface area contributed by atoms with Crippen LogP contribution >= 0.6 is 24.0 Å². The molecule has 2 aliphatic heterocycles. The predicted molar refractivity (Wildman–Crippen MR) is 135 cm³/mol. The van der Waals surface area contributed by atoms with E-state index in [1.54, 1.807) is 26.1 Å². The molecular weight excluding hydrogens is 511 g/mol. The van der Waals surface area contributed by atoms with E-state index in [2.05, 4.69) is 38.9 Å². The lowest BCUT2D eigenvalue weighted by atomic mass is 10.1. The van der Waals surface area contributed by atoms with Crippen molar-refractivity contribution < 1.29 is 14.3 Å². The van der Waals surface area contributed by atoms with Crippen molar-refractivity contribution in [2.24, 2.45) is 4.99 Å². The minimum absolute atomic E-state index is 0. The van der Waals surface area contributed by atoms with Gasteiger partial charge in [-0.1, -0.05) is 0 Å². The Morgan fingerprint density at radius 2 is 1.81 bits per heavy atom. The molecule has 0 aromatic carbocycles. The van der Waals surface area contributed by atoms with E-state index in [1.807, 2.05) is 0 Å². The van der Waals surface area contributed by atoms with Crippen molar-refractivity contribution in [1.29, 1.82) is 0 Å². The van der Waals surface area contributed by atoms with Crippen LogP contribution in [0.15, 0.2) is 4.99 Å². The Kier molecular flexibility index (Phi) is 13.9. The van der Waals surface area contributed by atoms with Gasteiger partial charge < -0.3 is 24.6 Å². The van der Waals surface area contributed by atoms with Gasteiger partial charge in [-0.2, -0.15) is 0 Å². The Balaban J connectivity index is 0.00000480. The largest absolute Gasteiger partial charge is 0.383 e. The maximum Gasteiger partial charge on any atom is 0.243 e. The van der Waals surface area contributed by atoms with Crippen LogP contribution in [0.5, 0.6) is 0 Å². The average molecular weight is 555 g/mol. The van der Waals surface area contributed by atoms with Crippen molar-refractivity contribution in [3.05, 3.63) is 0 Å². The van der Waals surface area contributed by atoms with E-state index in [9.17, 15) is 4.79 Å². The molecule has 2 saturated heterocycles. The number of ether oxygens (including phenoxy) is 2. The molecule has 0 aromatic heterocycles. The number of methoxy groups -OCH3 is 1. The average Bonchev–Trinajstić information content (AvgIpc) is 2.73. The monoisotopic (exact) mass is 554 g/mol. The second kappa shape index (κ2) is 15.2. The topological polar surface area (TPSA) is 72.9 Å². The van der Waals surface area contributed by atoms with Crippen molar-refractivity contribution in [2.45, 2.75) is 32.4 Å². The van der Waals surface area contributed by atoms with Crippen LogP contribution in [0.3, 0.4) is 0 Å². The molecule has 2 unspecified atom stereocenters. The molecule has 0 aromatic rings. The van der Waals surface area contributed by atoms with Crippen LogP contribution in [-0.2, 0) is 14.3 Å². The van der Waals surface area contributed by atoms with Crippen LogP contribution < -0.4 is 5.32 Å². The lowest BCUT2D eigenvalue weighted by Crippen LogP contribution is -2.60. The van der Waals surface area contributed by atoms with E-state index in [4.69, 9.17) is 9.47 Å². The number of nitrogens with zero attached hydrogens (tertiary/aromatic N) is 5. The summed E-state index contributed by atoms with van der Waals surface area (Å²) in [7, 11) is 5.29. The highest BCUT2D eigenvalue weighted by atomic mass is 127. The molecule has 0 bridgehead atoms. The molecule has 2 atom stereocenters. The lowest BCUT2D eigenvalue weighted by Gasteiger charge is -2.45. The van der Waals surface area contributed by atoms with E-state index < -0.39 is 0 Å². The molecule has 1 N–H and O–H groups in total. The van der Waals surface area contributed by atoms with Crippen LogP contribution in [0, 0.1) is 0 Å². The number of halogens is 1. The molecular formula is C21H43IN6O3. The third-order valence-electron chi connectivity index (χ3n) is 5.86. The van der Waals surface area contributed by atoms with Crippen LogP contribution in [0.2, 0.25) is 0 Å². The highest BCUT2D eigenvalue weighted by molar-refractivity contribution is 14.0. The smallest absolute Gasteiger partial charge is 0.243 e. The summed E-state index contributed by atoms with van der Waals surface area (Å²) in [4.78, 5) is 25.6. The van der Waals surface area contributed by atoms with Crippen molar-refractivity contribution >= 4 is 35.8 Å². The van der Waals surface area contributed by atoms with Gasteiger partial charge in [-0.3, -0.25) is 14.6 Å². The molecule has 2 rings (SSSR count). The fourth-order valence-corrected chi connectivity index (χ4v) is 4.05. The van der Waals surface area contributed by atoms with Crippen LogP contribution in [0.25, 0.3) is 0 Å². The highest BCUT2D eigenvalue weighted by Crippen LogP contribution is 2.15. The number of piperazine rings is 1. The van der Waals surface area contributed by atoms with Gasteiger partial charge in [-0.25, -0.2) is 4.99 Å². The molecule has 9 nitrogen and oxygen atoms in total. The van der Waals surface area contributed by atoms with Crippen LogP contribution in [0.1, 0.15) is 20.3 Å². The minimum atomic E-state index is 0. The maximum absolute atomic E-state index is 12.1. The number of hydrogen-bond donors (Lipinski definition) is 1. The minimum Gasteiger partial charge on any atom is -0.383 e. The summed E-state index contributed by atoms with van der Waals surface area (Å²) >= 11 is 0. The molecule has 31 heavy (non-hydrogen) atoms. The normalized spacial score (nSPS) is 23.4. The summed E-state index contributed by atoms with van der Waals surface area (Å²) in [6.45, 7) is 13.7. The van der Waals surface area contributed by atoms with Gasteiger partial charge in [-0.05, 0) is 26.8 Å². The van der Waals surface area contributed by atoms with E-state index in [1.165, 1.54) is 0 Å². The zero-order chi connectivity index (χ0) is 21.9. The number of aliphatic imine (C=N–C) groups is 1. The van der Waals surface area contributed by atoms with Gasteiger partial charge in [0, 0.05) is 72.6 Å².